The van der Waals surface area contributed by atoms with E-state index in [4.69, 9.17) is 0 Å². The summed E-state index contributed by atoms with van der Waals surface area (Å²) in [6.45, 7) is 0. The van der Waals surface area contributed by atoms with Gasteiger partial charge in [0.1, 0.15) is 5.75 Å². The standard InChI is InChI=1S/C19H21NO/c21-15-9-10-17-14(12-15)8-11-19(17)20-18-7-3-5-13-4-1-2-6-16(13)18/h3,5,7,9-10,12,19-21H,1-2,4,6,8,11H2. The first-order valence-electron chi connectivity index (χ1n) is 8.00. The molecule has 0 amide bonds. The van der Waals surface area contributed by atoms with Gasteiger partial charge in [-0.2, -0.15) is 0 Å². The summed E-state index contributed by atoms with van der Waals surface area (Å²) in [5.74, 6) is 0.381. The number of aryl methyl sites for hydroxylation is 2. The molecule has 2 nitrogen and oxygen atoms in total. The van der Waals surface area contributed by atoms with E-state index in [9.17, 15) is 5.11 Å². The number of fused-ring (bicyclic) bond motifs is 2. The Morgan fingerprint density at radius 1 is 0.952 bits per heavy atom. The van der Waals surface area contributed by atoms with Crippen LogP contribution in [-0.2, 0) is 19.3 Å². The van der Waals surface area contributed by atoms with Gasteiger partial charge in [-0.3, -0.25) is 0 Å². The number of hydrogen-bond donors (Lipinski definition) is 2. The zero-order valence-electron chi connectivity index (χ0n) is 12.2. The Labute approximate surface area is 125 Å². The third-order valence-corrected chi connectivity index (χ3v) is 4.93. The molecule has 4 rings (SSSR count). The van der Waals surface area contributed by atoms with Gasteiger partial charge in [0.2, 0.25) is 0 Å². The summed E-state index contributed by atoms with van der Waals surface area (Å²) in [4.78, 5) is 0. The van der Waals surface area contributed by atoms with Crippen LogP contribution in [0.4, 0.5) is 5.69 Å². The van der Waals surface area contributed by atoms with Crippen molar-refractivity contribution in [1.29, 1.82) is 0 Å². The van der Waals surface area contributed by atoms with Crippen molar-refractivity contribution in [3.05, 3.63) is 58.7 Å². The molecule has 0 spiro atoms. The zero-order valence-corrected chi connectivity index (χ0v) is 12.2. The predicted molar refractivity (Wildman–Crippen MR) is 85.9 cm³/mol. The van der Waals surface area contributed by atoms with Crippen LogP contribution in [0, 0.1) is 0 Å². The van der Waals surface area contributed by atoms with Crippen molar-refractivity contribution in [2.45, 2.75) is 44.6 Å². The molecule has 0 aromatic heterocycles. The Morgan fingerprint density at radius 2 is 1.86 bits per heavy atom. The van der Waals surface area contributed by atoms with E-state index in [1.807, 2.05) is 6.07 Å². The molecule has 2 aliphatic carbocycles. The molecule has 1 atom stereocenters. The van der Waals surface area contributed by atoms with Gasteiger partial charge in [-0.25, -0.2) is 0 Å². The summed E-state index contributed by atoms with van der Waals surface area (Å²) in [7, 11) is 0. The summed E-state index contributed by atoms with van der Waals surface area (Å²) in [5.41, 5.74) is 7.00. The van der Waals surface area contributed by atoms with Crippen molar-refractivity contribution in [2.75, 3.05) is 5.32 Å². The molecule has 0 fully saturated rings. The summed E-state index contributed by atoms with van der Waals surface area (Å²) < 4.78 is 0. The number of benzene rings is 2. The van der Waals surface area contributed by atoms with Crippen molar-refractivity contribution in [3.8, 4) is 5.75 Å². The van der Waals surface area contributed by atoms with Crippen molar-refractivity contribution < 1.29 is 5.11 Å². The first kappa shape index (κ1) is 12.8. The molecule has 21 heavy (non-hydrogen) atoms. The highest BCUT2D eigenvalue weighted by Gasteiger charge is 2.24. The van der Waals surface area contributed by atoms with Crippen LogP contribution in [0.5, 0.6) is 5.75 Å². The average Bonchev–Trinajstić information content (AvgIpc) is 2.90. The Kier molecular flexibility index (Phi) is 3.10. The Bertz CT molecular complexity index is 677. The smallest absolute Gasteiger partial charge is 0.115 e. The van der Waals surface area contributed by atoms with Gasteiger partial charge in [0, 0.05) is 5.69 Å². The van der Waals surface area contributed by atoms with Crippen LogP contribution < -0.4 is 5.32 Å². The van der Waals surface area contributed by atoms with Gasteiger partial charge in [0.05, 0.1) is 6.04 Å². The molecule has 0 saturated heterocycles. The maximum absolute atomic E-state index is 9.61. The molecule has 2 N–H and O–H groups in total. The van der Waals surface area contributed by atoms with E-state index >= 15 is 0 Å². The molecule has 2 aliphatic rings. The van der Waals surface area contributed by atoms with Crippen LogP contribution in [0.15, 0.2) is 36.4 Å². The van der Waals surface area contributed by atoms with Crippen LogP contribution >= 0.6 is 0 Å². The normalized spacial score (nSPS) is 19.9. The van der Waals surface area contributed by atoms with Crippen molar-refractivity contribution >= 4 is 5.69 Å². The topological polar surface area (TPSA) is 32.3 Å². The van der Waals surface area contributed by atoms with E-state index < -0.39 is 0 Å². The second-order valence-corrected chi connectivity index (χ2v) is 6.27. The Morgan fingerprint density at radius 3 is 2.81 bits per heavy atom. The number of rotatable bonds is 2. The number of phenolic OH excluding ortho intramolecular Hbond substituents is 1. The molecule has 0 aliphatic heterocycles. The zero-order chi connectivity index (χ0) is 14.2. The molecule has 0 heterocycles. The van der Waals surface area contributed by atoms with Crippen molar-refractivity contribution in [3.63, 3.8) is 0 Å². The summed E-state index contributed by atoms with van der Waals surface area (Å²) in [5, 5.41) is 13.4. The number of nitrogens with one attached hydrogen (secondary N) is 1. The van der Waals surface area contributed by atoms with E-state index in [0.29, 0.717) is 11.8 Å². The fourth-order valence-electron chi connectivity index (χ4n) is 3.86. The van der Waals surface area contributed by atoms with Crippen LogP contribution in [-0.4, -0.2) is 5.11 Å². The summed E-state index contributed by atoms with van der Waals surface area (Å²) in [6, 6.07) is 12.9. The summed E-state index contributed by atoms with van der Waals surface area (Å²) in [6.07, 6.45) is 7.22. The molecule has 0 radical (unpaired) electrons. The minimum atomic E-state index is 0.381. The Hall–Kier alpha value is -1.96. The maximum atomic E-state index is 9.61. The molecule has 108 valence electrons. The molecular weight excluding hydrogens is 258 g/mol. The third kappa shape index (κ3) is 2.29. The highest BCUT2D eigenvalue weighted by Crippen LogP contribution is 2.37. The Balaban J connectivity index is 1.64. The van der Waals surface area contributed by atoms with Gasteiger partial charge in [0.25, 0.3) is 0 Å². The number of hydrogen-bond acceptors (Lipinski definition) is 2. The van der Waals surface area contributed by atoms with Crippen LogP contribution in [0.25, 0.3) is 0 Å². The molecule has 2 aromatic rings. The lowest BCUT2D eigenvalue weighted by Crippen LogP contribution is -2.12. The van der Waals surface area contributed by atoms with Gasteiger partial charge in [0.15, 0.2) is 0 Å². The first-order chi connectivity index (χ1) is 10.3. The van der Waals surface area contributed by atoms with E-state index in [2.05, 4.69) is 29.6 Å². The van der Waals surface area contributed by atoms with Crippen molar-refractivity contribution in [1.82, 2.24) is 0 Å². The maximum Gasteiger partial charge on any atom is 0.115 e. The monoisotopic (exact) mass is 279 g/mol. The first-order valence-corrected chi connectivity index (χ1v) is 8.00. The fourth-order valence-corrected chi connectivity index (χ4v) is 3.86. The lowest BCUT2D eigenvalue weighted by Gasteiger charge is -2.23. The van der Waals surface area contributed by atoms with E-state index in [1.54, 1.807) is 6.07 Å². The predicted octanol–water partition coefficient (Wildman–Crippen LogP) is 4.37. The summed E-state index contributed by atoms with van der Waals surface area (Å²) >= 11 is 0. The van der Waals surface area contributed by atoms with Gasteiger partial charge < -0.3 is 10.4 Å². The minimum Gasteiger partial charge on any atom is -0.508 e. The minimum absolute atomic E-state index is 0.381. The lowest BCUT2D eigenvalue weighted by atomic mass is 9.90. The SMILES string of the molecule is Oc1ccc2c(c1)CCC2Nc1cccc2c1CCCC2. The molecular formula is C19H21NO. The van der Waals surface area contributed by atoms with E-state index in [0.717, 1.165) is 12.8 Å². The van der Waals surface area contributed by atoms with Gasteiger partial charge >= 0.3 is 0 Å². The van der Waals surface area contributed by atoms with Crippen LogP contribution in [0.2, 0.25) is 0 Å². The number of phenols is 1. The van der Waals surface area contributed by atoms with Crippen LogP contribution in [0.1, 0.15) is 47.6 Å². The average molecular weight is 279 g/mol. The number of aromatic hydroxyl groups is 1. The second-order valence-electron chi connectivity index (χ2n) is 6.27. The third-order valence-electron chi connectivity index (χ3n) is 4.93. The lowest BCUT2D eigenvalue weighted by molar-refractivity contribution is 0.474. The highest BCUT2D eigenvalue weighted by molar-refractivity contribution is 5.58. The number of anilines is 1. The van der Waals surface area contributed by atoms with Crippen molar-refractivity contribution in [2.24, 2.45) is 0 Å². The van der Waals surface area contributed by atoms with Gasteiger partial charge in [-0.1, -0.05) is 18.2 Å². The highest BCUT2D eigenvalue weighted by atomic mass is 16.3. The molecule has 2 aromatic carbocycles. The molecule has 0 saturated carbocycles. The van der Waals surface area contributed by atoms with E-state index in [1.165, 1.54) is 53.6 Å². The van der Waals surface area contributed by atoms with Gasteiger partial charge in [-0.15, -0.1) is 0 Å². The van der Waals surface area contributed by atoms with Crippen LogP contribution in [0.3, 0.4) is 0 Å². The molecule has 2 heteroatoms. The molecule has 0 bridgehead atoms. The quantitative estimate of drug-likeness (QED) is 0.855. The van der Waals surface area contributed by atoms with Gasteiger partial charge in [-0.05, 0) is 79.0 Å². The van der Waals surface area contributed by atoms with E-state index in [-0.39, 0.29) is 0 Å². The largest absolute Gasteiger partial charge is 0.508 e. The fraction of sp³-hybridized carbons (Fsp3) is 0.368. The molecule has 1 unspecified atom stereocenters. The second kappa shape index (κ2) is 5.10.